The molecule has 2 aromatic rings. The Morgan fingerprint density at radius 3 is 2.26 bits per heavy atom. The number of rotatable bonds is 2. The first-order valence-electron chi connectivity index (χ1n) is 5.48. The molecule has 0 aliphatic rings. The molecule has 0 aliphatic heterocycles. The maximum absolute atomic E-state index is 13.2. The first-order valence-corrected chi connectivity index (χ1v) is 5.86. The molecule has 1 nitrogen and oxygen atoms in total. The second-order valence-electron chi connectivity index (χ2n) is 4.19. The maximum atomic E-state index is 13.2. The van der Waals surface area contributed by atoms with Crippen LogP contribution in [0.2, 0.25) is 5.02 Å². The van der Waals surface area contributed by atoms with Crippen molar-refractivity contribution in [1.82, 2.24) is 0 Å². The molecule has 1 N–H and O–H groups in total. The van der Waals surface area contributed by atoms with Gasteiger partial charge in [-0.3, -0.25) is 0 Å². The third-order valence-corrected chi connectivity index (χ3v) is 3.19. The number of aliphatic hydroxyl groups is 1. The summed E-state index contributed by atoms with van der Waals surface area (Å²) < 4.78 is 39.2. The van der Waals surface area contributed by atoms with Crippen LogP contribution in [0.15, 0.2) is 30.3 Å². The van der Waals surface area contributed by atoms with Crippen molar-refractivity contribution in [2.45, 2.75) is 13.0 Å². The first-order chi connectivity index (χ1) is 8.90. The lowest BCUT2D eigenvalue weighted by molar-refractivity contribution is 0.218. The van der Waals surface area contributed by atoms with Gasteiger partial charge in [-0.25, -0.2) is 13.2 Å². The Balaban J connectivity index is 2.49. The fraction of sp³-hybridized carbons (Fsp3) is 0.143. The van der Waals surface area contributed by atoms with E-state index in [1.807, 2.05) is 0 Å². The Morgan fingerprint density at radius 2 is 1.63 bits per heavy atom. The highest BCUT2D eigenvalue weighted by Gasteiger charge is 2.19. The van der Waals surface area contributed by atoms with Crippen LogP contribution in [0.5, 0.6) is 0 Å². The van der Waals surface area contributed by atoms with Gasteiger partial charge >= 0.3 is 0 Å². The van der Waals surface area contributed by atoms with Gasteiger partial charge in [-0.05, 0) is 42.3 Å². The van der Waals surface area contributed by atoms with Crippen molar-refractivity contribution in [1.29, 1.82) is 0 Å². The zero-order chi connectivity index (χ0) is 14.2. The molecular weight excluding hydrogens is 277 g/mol. The molecule has 0 bridgehead atoms. The maximum Gasteiger partial charge on any atom is 0.160 e. The zero-order valence-corrected chi connectivity index (χ0v) is 10.7. The summed E-state index contributed by atoms with van der Waals surface area (Å²) in [4.78, 5) is 0. The van der Waals surface area contributed by atoms with Gasteiger partial charge in [0.1, 0.15) is 11.9 Å². The summed E-state index contributed by atoms with van der Waals surface area (Å²) in [5.41, 5.74) is 0.915. The molecule has 0 saturated heterocycles. The average Bonchev–Trinajstić information content (AvgIpc) is 2.33. The number of aliphatic hydroxyl groups excluding tert-OH is 1. The van der Waals surface area contributed by atoms with Crippen molar-refractivity contribution in [2.24, 2.45) is 0 Å². The van der Waals surface area contributed by atoms with Crippen LogP contribution in [0.3, 0.4) is 0 Å². The molecule has 1 unspecified atom stereocenters. The van der Waals surface area contributed by atoms with E-state index in [1.54, 1.807) is 6.92 Å². The van der Waals surface area contributed by atoms with Crippen molar-refractivity contribution in [3.05, 3.63) is 69.5 Å². The van der Waals surface area contributed by atoms with Gasteiger partial charge < -0.3 is 5.11 Å². The van der Waals surface area contributed by atoms with E-state index in [4.69, 9.17) is 11.6 Å². The minimum atomic E-state index is -1.25. The molecule has 100 valence electrons. The first kappa shape index (κ1) is 13.9. The van der Waals surface area contributed by atoms with E-state index in [0.717, 1.165) is 12.1 Å². The van der Waals surface area contributed by atoms with E-state index in [-0.39, 0.29) is 10.6 Å². The smallest absolute Gasteiger partial charge is 0.160 e. The van der Waals surface area contributed by atoms with Gasteiger partial charge in [0.2, 0.25) is 0 Å². The van der Waals surface area contributed by atoms with Crippen LogP contribution in [0.4, 0.5) is 13.2 Å². The van der Waals surface area contributed by atoms with E-state index in [0.29, 0.717) is 11.1 Å². The summed E-state index contributed by atoms with van der Waals surface area (Å²) in [6, 6.07) is 5.44. The Kier molecular flexibility index (Phi) is 3.83. The molecule has 2 aromatic carbocycles. The van der Waals surface area contributed by atoms with Crippen LogP contribution in [0.25, 0.3) is 0 Å². The Morgan fingerprint density at radius 1 is 1.00 bits per heavy atom. The molecular formula is C14H10ClF3O. The van der Waals surface area contributed by atoms with E-state index < -0.39 is 23.6 Å². The highest BCUT2D eigenvalue weighted by molar-refractivity contribution is 6.31. The van der Waals surface area contributed by atoms with Gasteiger partial charge in [0, 0.05) is 10.6 Å². The van der Waals surface area contributed by atoms with Gasteiger partial charge in [0.15, 0.2) is 11.6 Å². The lowest BCUT2D eigenvalue weighted by Gasteiger charge is -2.16. The summed E-state index contributed by atoms with van der Waals surface area (Å²) in [5, 5.41) is 10.1. The van der Waals surface area contributed by atoms with Gasteiger partial charge in [-0.1, -0.05) is 17.7 Å². The lowest BCUT2D eigenvalue weighted by atomic mass is 9.97. The van der Waals surface area contributed by atoms with Gasteiger partial charge in [-0.15, -0.1) is 0 Å². The van der Waals surface area contributed by atoms with E-state index in [2.05, 4.69) is 0 Å². The van der Waals surface area contributed by atoms with Crippen molar-refractivity contribution < 1.29 is 18.3 Å². The van der Waals surface area contributed by atoms with Crippen LogP contribution >= 0.6 is 11.6 Å². The molecule has 0 aliphatic carbocycles. The van der Waals surface area contributed by atoms with Crippen molar-refractivity contribution in [3.8, 4) is 0 Å². The predicted octanol–water partition coefficient (Wildman–Crippen LogP) is 4.15. The molecule has 2 rings (SSSR count). The Hall–Kier alpha value is -1.52. The van der Waals surface area contributed by atoms with E-state index in [1.165, 1.54) is 18.2 Å². The molecule has 0 aromatic heterocycles. The van der Waals surface area contributed by atoms with Gasteiger partial charge in [0.05, 0.1) is 0 Å². The molecule has 5 heteroatoms. The summed E-state index contributed by atoms with van der Waals surface area (Å²) >= 11 is 5.79. The topological polar surface area (TPSA) is 20.2 Å². The molecule has 0 radical (unpaired) electrons. The SMILES string of the molecule is Cc1cc(F)ccc1C(O)c1cc(F)c(F)cc1Cl. The molecule has 0 heterocycles. The van der Waals surface area contributed by atoms with Crippen LogP contribution in [-0.2, 0) is 0 Å². The second-order valence-corrected chi connectivity index (χ2v) is 4.60. The standard InChI is InChI=1S/C14H10ClF3O/c1-7-4-8(16)2-3-9(7)14(19)10-5-12(17)13(18)6-11(10)15/h2-6,14,19H,1H3. The number of halogens is 4. The Labute approximate surface area is 113 Å². The summed E-state index contributed by atoms with van der Waals surface area (Å²) in [7, 11) is 0. The molecule has 1 atom stereocenters. The highest BCUT2D eigenvalue weighted by Crippen LogP contribution is 2.31. The van der Waals surface area contributed by atoms with Gasteiger partial charge in [-0.2, -0.15) is 0 Å². The average molecular weight is 287 g/mol. The summed E-state index contributed by atoms with van der Waals surface area (Å²) in [6.45, 7) is 1.61. The van der Waals surface area contributed by atoms with Crippen molar-refractivity contribution >= 4 is 11.6 Å². The lowest BCUT2D eigenvalue weighted by Crippen LogP contribution is -2.04. The van der Waals surface area contributed by atoms with Crippen molar-refractivity contribution in [3.63, 3.8) is 0 Å². The van der Waals surface area contributed by atoms with Crippen LogP contribution in [-0.4, -0.2) is 5.11 Å². The molecule has 0 saturated carbocycles. The Bertz CT molecular complexity index is 628. The third-order valence-electron chi connectivity index (χ3n) is 2.86. The van der Waals surface area contributed by atoms with E-state index in [9.17, 15) is 18.3 Å². The molecule has 0 amide bonds. The number of benzene rings is 2. The quantitative estimate of drug-likeness (QED) is 0.822. The number of hydrogen-bond donors (Lipinski definition) is 1. The predicted molar refractivity (Wildman–Crippen MR) is 66.6 cm³/mol. The van der Waals surface area contributed by atoms with Crippen LogP contribution < -0.4 is 0 Å². The molecule has 19 heavy (non-hydrogen) atoms. The minimum Gasteiger partial charge on any atom is -0.384 e. The van der Waals surface area contributed by atoms with Crippen LogP contribution in [0.1, 0.15) is 22.8 Å². The third kappa shape index (κ3) is 2.74. The molecule has 0 fully saturated rings. The minimum absolute atomic E-state index is 0.0373. The zero-order valence-electron chi connectivity index (χ0n) is 9.92. The van der Waals surface area contributed by atoms with Crippen LogP contribution in [0, 0.1) is 24.4 Å². The highest BCUT2D eigenvalue weighted by atomic mass is 35.5. The summed E-state index contributed by atoms with van der Waals surface area (Å²) in [5.74, 6) is -2.63. The fourth-order valence-corrected chi connectivity index (χ4v) is 2.11. The normalized spacial score (nSPS) is 12.5. The monoisotopic (exact) mass is 286 g/mol. The number of hydrogen-bond acceptors (Lipinski definition) is 1. The largest absolute Gasteiger partial charge is 0.384 e. The fourth-order valence-electron chi connectivity index (χ4n) is 1.86. The van der Waals surface area contributed by atoms with Crippen molar-refractivity contribution in [2.75, 3.05) is 0 Å². The summed E-state index contributed by atoms with van der Waals surface area (Å²) in [6.07, 6.45) is -1.25. The van der Waals surface area contributed by atoms with Gasteiger partial charge in [0.25, 0.3) is 0 Å². The van der Waals surface area contributed by atoms with E-state index >= 15 is 0 Å². The second kappa shape index (κ2) is 5.23. The number of aryl methyl sites for hydroxylation is 1. The molecule has 0 spiro atoms.